The summed E-state index contributed by atoms with van der Waals surface area (Å²) in [5, 5.41) is 0. The maximum Gasteiger partial charge on any atom is 0.267 e. The van der Waals surface area contributed by atoms with E-state index in [9.17, 15) is 4.79 Å². The maximum absolute atomic E-state index is 13.1. The predicted molar refractivity (Wildman–Crippen MR) is 105 cm³/mol. The summed E-state index contributed by atoms with van der Waals surface area (Å²) < 4.78 is 5.61. The zero-order valence-electron chi connectivity index (χ0n) is 15.4. The standard InChI is InChI=1S/C20H23N5O2/c1-3-8-24-13(2)4-5-14-11-15(6-7-16(14)24)25-9-10-27-19-17(20(25)26)18(21)22-12-23-19/h6-7,11-12H,2-5,8-10H2,1H3,(H2,21,22,23). The smallest absolute Gasteiger partial charge is 0.267 e. The Morgan fingerprint density at radius 3 is 2.96 bits per heavy atom. The van der Waals surface area contributed by atoms with Gasteiger partial charge < -0.3 is 20.3 Å². The fraction of sp³-hybridized carbons (Fsp3) is 0.350. The van der Waals surface area contributed by atoms with Crippen molar-refractivity contribution in [3.05, 3.63) is 47.9 Å². The van der Waals surface area contributed by atoms with Crippen LogP contribution in [0, 0.1) is 0 Å². The van der Waals surface area contributed by atoms with Gasteiger partial charge in [-0.05, 0) is 43.0 Å². The Morgan fingerprint density at radius 2 is 2.15 bits per heavy atom. The Hall–Kier alpha value is -3.09. The van der Waals surface area contributed by atoms with Gasteiger partial charge in [-0.15, -0.1) is 0 Å². The number of benzene rings is 1. The number of ether oxygens (including phenoxy) is 1. The van der Waals surface area contributed by atoms with Gasteiger partial charge in [0.25, 0.3) is 5.91 Å². The van der Waals surface area contributed by atoms with E-state index >= 15 is 0 Å². The lowest BCUT2D eigenvalue weighted by Gasteiger charge is -2.34. The SMILES string of the molecule is C=C1CCc2cc(N3CCOc4ncnc(N)c4C3=O)ccc2N1CCC. The molecule has 0 bridgehead atoms. The molecule has 0 unspecified atom stereocenters. The minimum absolute atomic E-state index is 0.139. The summed E-state index contributed by atoms with van der Waals surface area (Å²) in [4.78, 5) is 25.1. The quantitative estimate of drug-likeness (QED) is 0.900. The van der Waals surface area contributed by atoms with Crippen molar-refractivity contribution >= 4 is 23.1 Å². The minimum Gasteiger partial charge on any atom is -0.475 e. The monoisotopic (exact) mass is 365 g/mol. The number of carbonyl (C=O) groups is 1. The van der Waals surface area contributed by atoms with Gasteiger partial charge in [-0.25, -0.2) is 9.97 Å². The van der Waals surface area contributed by atoms with Crippen LogP contribution in [0.3, 0.4) is 0 Å². The van der Waals surface area contributed by atoms with Crippen LogP contribution in [0.1, 0.15) is 35.7 Å². The first-order valence-corrected chi connectivity index (χ1v) is 9.23. The molecule has 1 aromatic heterocycles. The van der Waals surface area contributed by atoms with E-state index in [0.29, 0.717) is 13.2 Å². The van der Waals surface area contributed by atoms with Crippen molar-refractivity contribution in [2.24, 2.45) is 0 Å². The molecule has 0 saturated heterocycles. The molecule has 7 nitrogen and oxygen atoms in total. The van der Waals surface area contributed by atoms with Crippen LogP contribution in [0.15, 0.2) is 36.8 Å². The molecule has 1 aromatic carbocycles. The minimum atomic E-state index is -0.230. The van der Waals surface area contributed by atoms with Crippen LogP contribution in [-0.2, 0) is 6.42 Å². The van der Waals surface area contributed by atoms with Gasteiger partial charge in [-0.3, -0.25) is 4.79 Å². The molecule has 3 heterocycles. The van der Waals surface area contributed by atoms with Gasteiger partial charge in [0.05, 0.1) is 6.54 Å². The molecule has 0 aliphatic carbocycles. The molecule has 2 N–H and O–H groups in total. The Kier molecular flexibility index (Phi) is 4.43. The predicted octanol–water partition coefficient (Wildman–Crippen LogP) is 2.77. The Morgan fingerprint density at radius 1 is 1.30 bits per heavy atom. The van der Waals surface area contributed by atoms with Gasteiger partial charge >= 0.3 is 0 Å². The number of carbonyl (C=O) groups excluding carboxylic acids is 1. The summed E-state index contributed by atoms with van der Waals surface area (Å²) in [5.41, 5.74) is 10.5. The van der Waals surface area contributed by atoms with E-state index in [1.54, 1.807) is 4.90 Å². The number of nitrogens with zero attached hydrogens (tertiary/aromatic N) is 4. The first-order chi connectivity index (χ1) is 13.1. The van der Waals surface area contributed by atoms with Crippen LogP contribution in [0.2, 0.25) is 0 Å². The van der Waals surface area contributed by atoms with E-state index in [-0.39, 0.29) is 23.2 Å². The summed E-state index contributed by atoms with van der Waals surface area (Å²) in [5.74, 6) is 0.157. The second kappa shape index (κ2) is 6.90. The van der Waals surface area contributed by atoms with Crippen LogP contribution < -0.4 is 20.3 Å². The number of aromatic nitrogens is 2. The molecule has 140 valence electrons. The zero-order valence-corrected chi connectivity index (χ0v) is 15.4. The fourth-order valence-electron chi connectivity index (χ4n) is 3.70. The zero-order chi connectivity index (χ0) is 19.0. The Labute approximate surface area is 158 Å². The van der Waals surface area contributed by atoms with Crippen molar-refractivity contribution in [2.45, 2.75) is 26.2 Å². The molecule has 4 rings (SSSR count). The molecule has 1 amide bonds. The third-order valence-electron chi connectivity index (χ3n) is 5.03. The van der Waals surface area contributed by atoms with Gasteiger partial charge in [-0.2, -0.15) is 0 Å². The average molecular weight is 365 g/mol. The summed E-state index contributed by atoms with van der Waals surface area (Å²) in [7, 11) is 0. The number of hydrogen-bond donors (Lipinski definition) is 1. The number of hydrogen-bond acceptors (Lipinski definition) is 6. The summed E-state index contributed by atoms with van der Waals surface area (Å²) >= 11 is 0. The number of amides is 1. The van der Waals surface area contributed by atoms with Gasteiger partial charge in [0.15, 0.2) is 0 Å². The normalized spacial score (nSPS) is 16.5. The van der Waals surface area contributed by atoms with Crippen molar-refractivity contribution in [1.29, 1.82) is 0 Å². The molecule has 0 atom stereocenters. The van der Waals surface area contributed by atoms with E-state index < -0.39 is 0 Å². The van der Waals surface area contributed by atoms with E-state index in [0.717, 1.165) is 37.2 Å². The average Bonchev–Trinajstić information content (AvgIpc) is 2.83. The van der Waals surface area contributed by atoms with Crippen molar-refractivity contribution in [2.75, 3.05) is 35.2 Å². The van der Waals surface area contributed by atoms with Crippen LogP contribution >= 0.6 is 0 Å². The van der Waals surface area contributed by atoms with Gasteiger partial charge in [-0.1, -0.05) is 13.5 Å². The fourth-order valence-corrected chi connectivity index (χ4v) is 3.70. The van der Waals surface area contributed by atoms with Crippen LogP contribution in [0.4, 0.5) is 17.2 Å². The number of nitrogen functional groups attached to an aromatic ring is 1. The molecule has 27 heavy (non-hydrogen) atoms. The molecule has 2 aliphatic rings. The number of aryl methyl sites for hydroxylation is 1. The highest BCUT2D eigenvalue weighted by atomic mass is 16.5. The molecular weight excluding hydrogens is 342 g/mol. The van der Waals surface area contributed by atoms with Crippen LogP contribution in [-0.4, -0.2) is 35.6 Å². The van der Waals surface area contributed by atoms with Crippen LogP contribution in [0.25, 0.3) is 0 Å². The lowest BCUT2D eigenvalue weighted by Crippen LogP contribution is -2.33. The van der Waals surface area contributed by atoms with Crippen molar-refractivity contribution in [1.82, 2.24) is 9.97 Å². The number of anilines is 3. The maximum atomic E-state index is 13.1. The highest BCUT2D eigenvalue weighted by molar-refractivity contribution is 6.10. The summed E-state index contributed by atoms with van der Waals surface area (Å²) in [6.45, 7) is 8.09. The first kappa shape index (κ1) is 17.3. The van der Waals surface area contributed by atoms with Gasteiger partial charge in [0.1, 0.15) is 24.3 Å². The molecular formula is C20H23N5O2. The second-order valence-electron chi connectivity index (χ2n) is 6.78. The Balaban J connectivity index is 1.71. The second-order valence-corrected chi connectivity index (χ2v) is 6.78. The molecule has 2 aliphatic heterocycles. The summed E-state index contributed by atoms with van der Waals surface area (Å²) in [6, 6.07) is 6.14. The topological polar surface area (TPSA) is 84.6 Å². The number of allylic oxidation sites excluding steroid dienone is 1. The number of nitrogens with two attached hydrogens (primary N) is 1. The Bertz CT molecular complexity index is 911. The third kappa shape index (κ3) is 2.99. The van der Waals surface area contributed by atoms with Crippen molar-refractivity contribution in [3.63, 3.8) is 0 Å². The van der Waals surface area contributed by atoms with E-state index in [1.807, 2.05) is 6.07 Å². The highest BCUT2D eigenvalue weighted by Gasteiger charge is 2.29. The molecule has 0 spiro atoms. The molecule has 0 fully saturated rings. The molecule has 7 heteroatoms. The molecule has 2 aromatic rings. The van der Waals surface area contributed by atoms with Crippen molar-refractivity contribution < 1.29 is 9.53 Å². The van der Waals surface area contributed by atoms with E-state index in [2.05, 4.69) is 40.5 Å². The van der Waals surface area contributed by atoms with E-state index in [1.165, 1.54) is 17.6 Å². The number of fused-ring (bicyclic) bond motifs is 2. The first-order valence-electron chi connectivity index (χ1n) is 9.23. The van der Waals surface area contributed by atoms with Gasteiger partial charge in [0, 0.05) is 23.6 Å². The van der Waals surface area contributed by atoms with Gasteiger partial charge in [0.2, 0.25) is 5.88 Å². The van der Waals surface area contributed by atoms with Crippen LogP contribution in [0.5, 0.6) is 5.88 Å². The third-order valence-corrected chi connectivity index (χ3v) is 5.03. The number of rotatable bonds is 3. The lowest BCUT2D eigenvalue weighted by atomic mass is 9.98. The molecule has 0 saturated carbocycles. The molecule has 0 radical (unpaired) electrons. The van der Waals surface area contributed by atoms with Crippen molar-refractivity contribution in [3.8, 4) is 5.88 Å². The highest BCUT2D eigenvalue weighted by Crippen LogP contribution is 2.36. The summed E-state index contributed by atoms with van der Waals surface area (Å²) in [6.07, 6.45) is 4.21. The van der Waals surface area contributed by atoms with E-state index in [4.69, 9.17) is 10.5 Å². The largest absolute Gasteiger partial charge is 0.475 e. The lowest BCUT2D eigenvalue weighted by molar-refractivity contribution is 0.0990.